The van der Waals surface area contributed by atoms with E-state index < -0.39 is 0 Å². The van der Waals surface area contributed by atoms with Gasteiger partial charge in [0.05, 0.1) is 24.3 Å². The highest BCUT2D eigenvalue weighted by Crippen LogP contribution is 2.15. The van der Waals surface area contributed by atoms with Crippen molar-refractivity contribution in [1.82, 2.24) is 5.43 Å². The van der Waals surface area contributed by atoms with Gasteiger partial charge in [-0.2, -0.15) is 10.4 Å². The summed E-state index contributed by atoms with van der Waals surface area (Å²) >= 11 is 0. The maximum absolute atomic E-state index is 12.1. The molecule has 150 valence electrons. The van der Waals surface area contributed by atoms with Crippen LogP contribution in [0.25, 0.3) is 0 Å². The molecule has 0 aliphatic rings. The lowest BCUT2D eigenvalue weighted by atomic mass is 10.0. The highest BCUT2D eigenvalue weighted by molar-refractivity contribution is 5.83. The molecule has 0 aromatic heterocycles. The molecule has 0 saturated heterocycles. The number of hydrogen-bond acceptors (Lipinski definition) is 4. The largest absolute Gasteiger partial charge is 0.489 e. The summed E-state index contributed by atoms with van der Waals surface area (Å²) in [6.45, 7) is 4.39. The topological polar surface area (TPSA) is 74.5 Å². The fourth-order valence-corrected chi connectivity index (χ4v) is 3.02. The van der Waals surface area contributed by atoms with Gasteiger partial charge in [0.25, 0.3) is 0 Å². The summed E-state index contributed by atoms with van der Waals surface area (Å²) in [5, 5.41) is 13.0. The van der Waals surface area contributed by atoms with Crippen LogP contribution in [0.5, 0.6) is 5.75 Å². The van der Waals surface area contributed by atoms with Crippen LogP contribution in [0.3, 0.4) is 0 Å². The van der Waals surface area contributed by atoms with Gasteiger partial charge in [-0.3, -0.25) is 4.79 Å². The summed E-state index contributed by atoms with van der Waals surface area (Å²) in [5.41, 5.74) is 8.17. The van der Waals surface area contributed by atoms with Gasteiger partial charge in [-0.1, -0.05) is 48.0 Å². The molecule has 0 fully saturated rings. The molecule has 3 aromatic rings. The van der Waals surface area contributed by atoms with Crippen molar-refractivity contribution in [3.63, 3.8) is 0 Å². The van der Waals surface area contributed by atoms with Crippen molar-refractivity contribution in [2.24, 2.45) is 5.10 Å². The SMILES string of the molecule is Cc1ccc(CC(=O)N/N=C\c2cccc(OCc3cccc(C#N)c3)c2)c(C)c1. The van der Waals surface area contributed by atoms with Crippen LogP contribution < -0.4 is 10.2 Å². The Hall–Kier alpha value is -3.91. The normalized spacial score (nSPS) is 10.6. The van der Waals surface area contributed by atoms with E-state index in [9.17, 15) is 4.79 Å². The lowest BCUT2D eigenvalue weighted by Gasteiger charge is -2.07. The van der Waals surface area contributed by atoms with Gasteiger partial charge in [-0.05, 0) is 60.4 Å². The smallest absolute Gasteiger partial charge is 0.244 e. The second-order valence-electron chi connectivity index (χ2n) is 7.07. The predicted molar refractivity (Wildman–Crippen MR) is 117 cm³/mol. The van der Waals surface area contributed by atoms with E-state index in [1.54, 1.807) is 18.3 Å². The Labute approximate surface area is 176 Å². The summed E-state index contributed by atoms with van der Waals surface area (Å²) in [6, 6.07) is 22.9. The van der Waals surface area contributed by atoms with Crippen molar-refractivity contribution in [2.45, 2.75) is 26.9 Å². The minimum absolute atomic E-state index is 0.164. The Morgan fingerprint density at radius 3 is 2.73 bits per heavy atom. The van der Waals surface area contributed by atoms with E-state index in [2.05, 4.69) is 22.7 Å². The summed E-state index contributed by atoms with van der Waals surface area (Å²) in [4.78, 5) is 12.1. The van der Waals surface area contributed by atoms with E-state index in [-0.39, 0.29) is 12.3 Å². The molecule has 30 heavy (non-hydrogen) atoms. The molecule has 1 N–H and O–H groups in total. The number of aryl methyl sites for hydroxylation is 2. The number of nitrogens with zero attached hydrogens (tertiary/aromatic N) is 2. The Morgan fingerprint density at radius 1 is 1.10 bits per heavy atom. The van der Waals surface area contributed by atoms with Crippen molar-refractivity contribution in [2.75, 3.05) is 0 Å². The molecule has 0 spiro atoms. The molecule has 0 bridgehead atoms. The first-order chi connectivity index (χ1) is 14.5. The Balaban J connectivity index is 1.54. The number of amides is 1. The van der Waals surface area contributed by atoms with Gasteiger partial charge in [-0.25, -0.2) is 5.43 Å². The molecule has 0 radical (unpaired) electrons. The van der Waals surface area contributed by atoms with E-state index in [0.29, 0.717) is 17.9 Å². The Morgan fingerprint density at radius 2 is 1.93 bits per heavy atom. The zero-order chi connectivity index (χ0) is 21.3. The van der Waals surface area contributed by atoms with Gasteiger partial charge in [0, 0.05) is 0 Å². The molecule has 0 saturated carbocycles. The van der Waals surface area contributed by atoms with Crippen LogP contribution in [-0.4, -0.2) is 12.1 Å². The number of hydrogen-bond donors (Lipinski definition) is 1. The molecule has 3 rings (SSSR count). The van der Waals surface area contributed by atoms with Gasteiger partial charge >= 0.3 is 0 Å². The average molecular weight is 397 g/mol. The Kier molecular flexibility index (Phi) is 6.96. The van der Waals surface area contributed by atoms with Gasteiger partial charge in [0.1, 0.15) is 12.4 Å². The van der Waals surface area contributed by atoms with Crippen LogP contribution >= 0.6 is 0 Å². The molecule has 0 atom stereocenters. The zero-order valence-corrected chi connectivity index (χ0v) is 17.1. The highest BCUT2D eigenvalue weighted by atomic mass is 16.5. The maximum atomic E-state index is 12.1. The number of carbonyl (C=O) groups excluding carboxylic acids is 1. The third-order valence-corrected chi connectivity index (χ3v) is 4.57. The van der Waals surface area contributed by atoms with Crippen LogP contribution in [0.15, 0.2) is 71.8 Å². The third kappa shape index (κ3) is 6.05. The van der Waals surface area contributed by atoms with E-state index in [1.807, 2.05) is 62.4 Å². The summed E-state index contributed by atoms with van der Waals surface area (Å²) < 4.78 is 5.80. The molecule has 1 amide bonds. The number of carbonyl (C=O) groups is 1. The predicted octanol–water partition coefficient (Wildman–Crippen LogP) is 4.45. The monoisotopic (exact) mass is 397 g/mol. The Bertz CT molecular complexity index is 1110. The highest BCUT2D eigenvalue weighted by Gasteiger charge is 2.05. The number of rotatable bonds is 7. The lowest BCUT2D eigenvalue weighted by molar-refractivity contribution is -0.120. The first-order valence-electron chi connectivity index (χ1n) is 9.63. The summed E-state index contributed by atoms with van der Waals surface area (Å²) in [6.07, 6.45) is 1.87. The van der Waals surface area contributed by atoms with Crippen molar-refractivity contribution < 1.29 is 9.53 Å². The molecular formula is C25H23N3O2. The molecule has 0 aliphatic heterocycles. The zero-order valence-electron chi connectivity index (χ0n) is 17.1. The number of benzene rings is 3. The first-order valence-corrected chi connectivity index (χ1v) is 9.63. The quantitative estimate of drug-likeness (QED) is 0.473. The molecular weight excluding hydrogens is 374 g/mol. The third-order valence-electron chi connectivity index (χ3n) is 4.57. The summed E-state index contributed by atoms with van der Waals surface area (Å²) in [5.74, 6) is 0.519. The van der Waals surface area contributed by atoms with Crippen molar-refractivity contribution >= 4 is 12.1 Å². The minimum Gasteiger partial charge on any atom is -0.489 e. The molecule has 5 nitrogen and oxygen atoms in total. The molecule has 0 heterocycles. The van der Waals surface area contributed by atoms with Crippen LogP contribution in [0.4, 0.5) is 0 Å². The molecule has 5 heteroatoms. The maximum Gasteiger partial charge on any atom is 0.244 e. The van der Waals surface area contributed by atoms with E-state index in [0.717, 1.165) is 22.3 Å². The first kappa shape index (κ1) is 20.8. The number of nitrogens with one attached hydrogen (secondary N) is 1. The van der Waals surface area contributed by atoms with Crippen molar-refractivity contribution in [3.05, 3.63) is 100 Å². The fraction of sp³-hybridized carbons (Fsp3) is 0.160. The van der Waals surface area contributed by atoms with Gasteiger partial charge < -0.3 is 4.74 Å². The lowest BCUT2D eigenvalue weighted by Crippen LogP contribution is -2.20. The molecule has 3 aromatic carbocycles. The van der Waals surface area contributed by atoms with Crippen molar-refractivity contribution in [3.8, 4) is 11.8 Å². The average Bonchev–Trinajstić information content (AvgIpc) is 2.75. The second-order valence-corrected chi connectivity index (χ2v) is 7.07. The molecule has 0 unspecified atom stereocenters. The van der Waals surface area contributed by atoms with Crippen LogP contribution in [-0.2, 0) is 17.8 Å². The number of nitriles is 1. The van der Waals surface area contributed by atoms with E-state index in [4.69, 9.17) is 10.00 Å². The van der Waals surface area contributed by atoms with Crippen molar-refractivity contribution in [1.29, 1.82) is 5.26 Å². The second kappa shape index (κ2) is 10.0. The number of ether oxygens (including phenoxy) is 1. The fourth-order valence-electron chi connectivity index (χ4n) is 3.02. The van der Waals surface area contributed by atoms with Gasteiger partial charge in [0.2, 0.25) is 5.91 Å². The minimum atomic E-state index is -0.164. The summed E-state index contributed by atoms with van der Waals surface area (Å²) in [7, 11) is 0. The van der Waals surface area contributed by atoms with E-state index >= 15 is 0 Å². The standard InChI is InChI=1S/C25H23N3O2/c1-18-9-10-23(19(2)11-18)14-25(29)28-27-16-21-6-4-8-24(13-21)30-17-22-7-3-5-20(12-22)15-26/h3-13,16H,14,17H2,1-2H3,(H,28,29)/b27-16-. The van der Waals surface area contributed by atoms with Gasteiger partial charge in [-0.15, -0.1) is 0 Å². The van der Waals surface area contributed by atoms with Crippen LogP contribution in [0.1, 0.15) is 33.4 Å². The van der Waals surface area contributed by atoms with E-state index in [1.165, 1.54) is 5.56 Å². The number of hydrazone groups is 1. The van der Waals surface area contributed by atoms with Crippen LogP contribution in [0, 0.1) is 25.2 Å². The van der Waals surface area contributed by atoms with Gasteiger partial charge in [0.15, 0.2) is 0 Å². The molecule has 0 aliphatic carbocycles. The van der Waals surface area contributed by atoms with Crippen LogP contribution in [0.2, 0.25) is 0 Å².